The summed E-state index contributed by atoms with van der Waals surface area (Å²) in [6, 6.07) is 4.70. The molecule has 4 nitrogen and oxygen atoms in total. The van der Waals surface area contributed by atoms with Crippen molar-refractivity contribution in [2.24, 2.45) is 0 Å². The molecule has 0 aliphatic carbocycles. The number of nitrogens with zero attached hydrogens (tertiary/aromatic N) is 1. The number of hydrogen-bond acceptors (Lipinski definition) is 4. The number of aldehydes is 1. The Hall–Kier alpha value is -2.15. The molecule has 0 aliphatic heterocycles. The summed E-state index contributed by atoms with van der Waals surface area (Å²) in [5.41, 5.74) is 0.686. The fraction of sp³-hybridized carbons (Fsp3) is 0.182. The van der Waals surface area contributed by atoms with Gasteiger partial charge < -0.3 is 4.74 Å². The van der Waals surface area contributed by atoms with Gasteiger partial charge in [0.05, 0.1) is 7.11 Å². The second-order valence-corrected chi connectivity index (χ2v) is 2.93. The van der Waals surface area contributed by atoms with Crippen LogP contribution in [0.5, 0.6) is 5.75 Å². The van der Waals surface area contributed by atoms with Gasteiger partial charge in [0.2, 0.25) is 0 Å². The van der Waals surface area contributed by atoms with E-state index in [1.54, 1.807) is 0 Å². The highest BCUT2D eigenvalue weighted by molar-refractivity contribution is 5.99. The minimum atomic E-state index is -0.270. The molecule has 1 aromatic carbocycles. The predicted molar refractivity (Wildman–Crippen MR) is 53.1 cm³/mol. The monoisotopic (exact) mass is 203 g/mol. The maximum absolute atomic E-state index is 11.2. The quantitative estimate of drug-likeness (QED) is 0.552. The molecule has 0 saturated carbocycles. The van der Waals surface area contributed by atoms with Gasteiger partial charge in [0.15, 0.2) is 5.78 Å². The summed E-state index contributed by atoms with van der Waals surface area (Å²) in [6.45, 7) is 1.34. The van der Waals surface area contributed by atoms with E-state index in [0.29, 0.717) is 11.8 Å². The largest absolute Gasteiger partial charge is 0.495 e. The van der Waals surface area contributed by atoms with Crippen LogP contribution in [0.25, 0.3) is 0 Å². The lowest BCUT2D eigenvalue weighted by Crippen LogP contribution is -2.01. The zero-order valence-electron chi connectivity index (χ0n) is 8.40. The van der Waals surface area contributed by atoms with Crippen LogP contribution in [-0.2, 0) is 0 Å². The summed E-state index contributed by atoms with van der Waals surface area (Å²) in [4.78, 5) is 21.8. The molecule has 0 aromatic heterocycles. The van der Waals surface area contributed by atoms with E-state index in [4.69, 9.17) is 10.00 Å². The Bertz CT molecular complexity index is 458. The van der Waals surface area contributed by atoms with Gasteiger partial charge in [-0.15, -0.1) is 0 Å². The van der Waals surface area contributed by atoms with Crippen molar-refractivity contribution < 1.29 is 14.3 Å². The SMILES string of the molecule is COc1cc(C=O)cc(C(C)=O)c1C#N. The smallest absolute Gasteiger partial charge is 0.161 e. The Balaban J connectivity index is 3.54. The second-order valence-electron chi connectivity index (χ2n) is 2.93. The number of carbonyl (C=O) groups is 2. The predicted octanol–water partition coefficient (Wildman–Crippen LogP) is 1.58. The molecule has 0 atom stereocenters. The minimum absolute atomic E-state index is 0.163. The van der Waals surface area contributed by atoms with Gasteiger partial charge in [0, 0.05) is 11.1 Å². The first kappa shape index (κ1) is 10.9. The number of hydrogen-bond donors (Lipinski definition) is 0. The average molecular weight is 203 g/mol. The number of ketones is 1. The van der Waals surface area contributed by atoms with Crippen molar-refractivity contribution >= 4 is 12.1 Å². The highest BCUT2D eigenvalue weighted by Gasteiger charge is 2.14. The van der Waals surface area contributed by atoms with E-state index >= 15 is 0 Å². The van der Waals surface area contributed by atoms with Gasteiger partial charge in [-0.05, 0) is 19.1 Å². The molecular weight excluding hydrogens is 194 g/mol. The standard InChI is InChI=1S/C11H9NO3/c1-7(14)9-3-8(6-13)4-11(15-2)10(9)5-12/h3-4,6H,1-2H3. The van der Waals surface area contributed by atoms with Crippen molar-refractivity contribution in [3.05, 3.63) is 28.8 Å². The number of benzene rings is 1. The van der Waals surface area contributed by atoms with Crippen molar-refractivity contribution in [1.29, 1.82) is 5.26 Å². The first-order valence-electron chi connectivity index (χ1n) is 4.22. The summed E-state index contributed by atoms with van der Waals surface area (Å²) in [7, 11) is 1.38. The maximum atomic E-state index is 11.2. The van der Waals surface area contributed by atoms with Crippen molar-refractivity contribution in [2.75, 3.05) is 7.11 Å². The van der Waals surface area contributed by atoms with Gasteiger partial charge in [-0.1, -0.05) is 0 Å². The minimum Gasteiger partial charge on any atom is -0.495 e. The van der Waals surface area contributed by atoms with Crippen LogP contribution in [0, 0.1) is 11.3 Å². The van der Waals surface area contributed by atoms with Gasteiger partial charge in [-0.2, -0.15) is 5.26 Å². The number of ether oxygens (including phenoxy) is 1. The van der Waals surface area contributed by atoms with Gasteiger partial charge in [-0.3, -0.25) is 9.59 Å². The van der Waals surface area contributed by atoms with E-state index in [2.05, 4.69) is 0 Å². The molecular formula is C11H9NO3. The Kier molecular flexibility index (Phi) is 3.19. The Labute approximate surface area is 87.1 Å². The number of rotatable bonds is 3. The van der Waals surface area contributed by atoms with E-state index in [0.717, 1.165) is 0 Å². The van der Waals surface area contributed by atoms with Crippen LogP contribution in [0.15, 0.2) is 12.1 Å². The molecule has 0 aliphatic rings. The fourth-order valence-corrected chi connectivity index (χ4v) is 1.26. The number of methoxy groups -OCH3 is 1. The summed E-state index contributed by atoms with van der Waals surface area (Å²) in [6.07, 6.45) is 0.607. The lowest BCUT2D eigenvalue weighted by atomic mass is 10.0. The molecule has 1 rings (SSSR count). The Morgan fingerprint density at radius 2 is 2.20 bits per heavy atom. The molecule has 0 radical (unpaired) electrons. The number of nitriles is 1. The third kappa shape index (κ3) is 2.02. The zero-order valence-corrected chi connectivity index (χ0v) is 8.40. The van der Waals surface area contributed by atoms with Crippen LogP contribution in [0.4, 0.5) is 0 Å². The summed E-state index contributed by atoms with van der Waals surface area (Å²) in [5.74, 6) is -0.0270. The molecule has 15 heavy (non-hydrogen) atoms. The van der Waals surface area contributed by atoms with E-state index in [-0.39, 0.29) is 22.7 Å². The summed E-state index contributed by atoms with van der Waals surface area (Å²) < 4.78 is 4.94. The van der Waals surface area contributed by atoms with Crippen LogP contribution >= 0.6 is 0 Å². The number of Topliss-reactive ketones (excluding diaryl/α,β-unsaturated/α-hetero) is 1. The molecule has 0 heterocycles. The molecule has 0 amide bonds. The van der Waals surface area contributed by atoms with Crippen molar-refractivity contribution in [3.8, 4) is 11.8 Å². The van der Waals surface area contributed by atoms with E-state index in [9.17, 15) is 9.59 Å². The topological polar surface area (TPSA) is 67.2 Å². The maximum Gasteiger partial charge on any atom is 0.161 e. The fourth-order valence-electron chi connectivity index (χ4n) is 1.26. The molecule has 0 fully saturated rings. The highest BCUT2D eigenvalue weighted by Crippen LogP contribution is 2.23. The molecule has 0 N–H and O–H groups in total. The Morgan fingerprint density at radius 3 is 2.60 bits per heavy atom. The molecule has 0 bridgehead atoms. The van der Waals surface area contributed by atoms with Gasteiger partial charge in [0.25, 0.3) is 0 Å². The van der Waals surface area contributed by atoms with Crippen LogP contribution in [0.2, 0.25) is 0 Å². The van der Waals surface area contributed by atoms with Gasteiger partial charge in [0.1, 0.15) is 23.7 Å². The van der Waals surface area contributed by atoms with Crippen molar-refractivity contribution in [3.63, 3.8) is 0 Å². The van der Waals surface area contributed by atoms with Gasteiger partial charge in [-0.25, -0.2) is 0 Å². The molecule has 76 valence electrons. The zero-order chi connectivity index (χ0) is 11.4. The van der Waals surface area contributed by atoms with Crippen LogP contribution in [0.3, 0.4) is 0 Å². The molecule has 4 heteroatoms. The average Bonchev–Trinajstić information content (AvgIpc) is 2.26. The molecule has 1 aromatic rings. The van der Waals surface area contributed by atoms with Crippen molar-refractivity contribution in [2.45, 2.75) is 6.92 Å². The lowest BCUT2D eigenvalue weighted by molar-refractivity contribution is 0.101. The third-order valence-corrected chi connectivity index (χ3v) is 1.97. The van der Waals surface area contributed by atoms with Crippen LogP contribution in [-0.4, -0.2) is 19.2 Å². The normalized spacial score (nSPS) is 9.13. The summed E-state index contributed by atoms with van der Waals surface area (Å²) >= 11 is 0. The van der Waals surface area contributed by atoms with E-state index in [1.165, 1.54) is 26.2 Å². The number of carbonyl (C=O) groups excluding carboxylic acids is 2. The van der Waals surface area contributed by atoms with Crippen LogP contribution in [0.1, 0.15) is 33.2 Å². The molecule has 0 saturated heterocycles. The van der Waals surface area contributed by atoms with Crippen LogP contribution < -0.4 is 4.74 Å². The summed E-state index contributed by atoms with van der Waals surface area (Å²) in [5, 5.41) is 8.87. The van der Waals surface area contributed by atoms with Gasteiger partial charge >= 0.3 is 0 Å². The third-order valence-electron chi connectivity index (χ3n) is 1.97. The molecule has 0 unspecified atom stereocenters. The first-order valence-corrected chi connectivity index (χ1v) is 4.22. The van der Waals surface area contributed by atoms with Crippen molar-refractivity contribution in [1.82, 2.24) is 0 Å². The Morgan fingerprint density at radius 1 is 1.53 bits per heavy atom. The lowest BCUT2D eigenvalue weighted by Gasteiger charge is -2.07. The first-order chi connectivity index (χ1) is 7.13. The molecule has 0 spiro atoms. The highest BCUT2D eigenvalue weighted by atomic mass is 16.5. The van der Waals surface area contributed by atoms with E-state index in [1.807, 2.05) is 6.07 Å². The second kappa shape index (κ2) is 4.38. The van der Waals surface area contributed by atoms with E-state index < -0.39 is 0 Å².